The molecule has 0 atom stereocenters. The molecule has 1 aromatic rings. The van der Waals surface area contributed by atoms with Gasteiger partial charge in [-0.15, -0.1) is 0 Å². The molecule has 8 heteroatoms. The molecule has 0 heterocycles. The molecular weight excluding hydrogens is 388 g/mol. The van der Waals surface area contributed by atoms with Crippen molar-refractivity contribution in [3.8, 4) is 0 Å². The highest BCUT2D eigenvalue weighted by Crippen LogP contribution is 2.19. The van der Waals surface area contributed by atoms with Crippen molar-refractivity contribution in [2.24, 2.45) is 4.99 Å². The fraction of sp³-hybridized carbons (Fsp3) is 0.571. The van der Waals surface area contributed by atoms with Gasteiger partial charge in [-0.2, -0.15) is 0 Å². The maximum absolute atomic E-state index is 12.2. The number of aliphatic imine (C=N–C) groups is 1. The van der Waals surface area contributed by atoms with E-state index in [1.165, 1.54) is 38.4 Å². The summed E-state index contributed by atoms with van der Waals surface area (Å²) in [5.41, 5.74) is 2.49. The lowest BCUT2D eigenvalue weighted by molar-refractivity contribution is 0.204. The summed E-state index contributed by atoms with van der Waals surface area (Å²) >= 11 is 0. The fourth-order valence-corrected chi connectivity index (χ4v) is 4.13. The maximum atomic E-state index is 12.2. The summed E-state index contributed by atoms with van der Waals surface area (Å²) in [5.74, 6) is 0.779. The molecule has 29 heavy (non-hydrogen) atoms. The van der Waals surface area contributed by atoms with Gasteiger partial charge in [0.25, 0.3) is 0 Å². The Kier molecular flexibility index (Phi) is 10.2. The largest absolute Gasteiger partial charge is 0.383 e. The highest BCUT2D eigenvalue weighted by molar-refractivity contribution is 7.89. The van der Waals surface area contributed by atoms with E-state index >= 15 is 0 Å². The summed E-state index contributed by atoms with van der Waals surface area (Å²) < 4.78 is 31.8. The minimum atomic E-state index is -3.51. The Balaban J connectivity index is 1.88. The second kappa shape index (κ2) is 12.6. The molecule has 0 aromatic heterocycles. The third kappa shape index (κ3) is 8.55. The van der Waals surface area contributed by atoms with Crippen molar-refractivity contribution in [1.29, 1.82) is 0 Å². The minimum Gasteiger partial charge on any atom is -0.383 e. The molecule has 1 aliphatic carbocycles. The quantitative estimate of drug-likeness (QED) is 0.221. The van der Waals surface area contributed by atoms with E-state index in [-0.39, 0.29) is 11.4 Å². The normalized spacial score (nSPS) is 15.1. The molecule has 0 saturated heterocycles. The van der Waals surface area contributed by atoms with Crippen LogP contribution in [-0.4, -0.2) is 47.7 Å². The monoisotopic (exact) mass is 422 g/mol. The van der Waals surface area contributed by atoms with Crippen LogP contribution >= 0.6 is 0 Å². The number of nitrogens with zero attached hydrogens (tertiary/aromatic N) is 1. The number of methoxy groups -OCH3 is 1. The average Bonchev–Trinajstić information content (AvgIpc) is 2.73. The van der Waals surface area contributed by atoms with Crippen molar-refractivity contribution < 1.29 is 13.2 Å². The van der Waals surface area contributed by atoms with Gasteiger partial charge in [-0.1, -0.05) is 23.8 Å². The lowest BCUT2D eigenvalue weighted by atomic mass is 9.97. The number of ether oxygens (including phenoxy) is 1. The van der Waals surface area contributed by atoms with Crippen molar-refractivity contribution >= 4 is 16.0 Å². The zero-order valence-corrected chi connectivity index (χ0v) is 18.4. The molecule has 1 aliphatic rings. The van der Waals surface area contributed by atoms with Crippen LogP contribution in [0.3, 0.4) is 0 Å². The van der Waals surface area contributed by atoms with Gasteiger partial charge < -0.3 is 15.4 Å². The van der Waals surface area contributed by atoms with Crippen LogP contribution in [0.4, 0.5) is 0 Å². The molecule has 0 bridgehead atoms. The first kappa shape index (κ1) is 23.4. The molecular formula is C21H34N4O3S. The zero-order chi connectivity index (χ0) is 21.0. The van der Waals surface area contributed by atoms with Gasteiger partial charge in [0.15, 0.2) is 5.96 Å². The Hall–Kier alpha value is -1.90. The van der Waals surface area contributed by atoms with Crippen LogP contribution in [0.2, 0.25) is 0 Å². The fourth-order valence-electron chi connectivity index (χ4n) is 3.12. The molecule has 0 unspecified atom stereocenters. The lowest BCUT2D eigenvalue weighted by Crippen LogP contribution is -2.37. The van der Waals surface area contributed by atoms with Gasteiger partial charge in [0, 0.05) is 26.7 Å². The summed E-state index contributed by atoms with van der Waals surface area (Å²) in [7, 11) is -1.97. The zero-order valence-electron chi connectivity index (χ0n) is 17.5. The first-order valence-electron chi connectivity index (χ1n) is 10.3. The van der Waals surface area contributed by atoms with Gasteiger partial charge in [0.1, 0.15) is 0 Å². The number of benzene rings is 1. The molecule has 0 aliphatic heterocycles. The van der Waals surface area contributed by atoms with Crippen LogP contribution in [0.15, 0.2) is 45.8 Å². The second-order valence-electron chi connectivity index (χ2n) is 7.01. The van der Waals surface area contributed by atoms with E-state index in [0.29, 0.717) is 13.2 Å². The van der Waals surface area contributed by atoms with Gasteiger partial charge in [-0.25, -0.2) is 18.1 Å². The summed E-state index contributed by atoms with van der Waals surface area (Å²) in [6.07, 6.45) is 8.45. The van der Waals surface area contributed by atoms with Crippen LogP contribution in [0, 0.1) is 0 Å². The summed E-state index contributed by atoms with van der Waals surface area (Å²) in [6, 6.07) is 6.81. The number of nitrogens with one attached hydrogen (secondary N) is 3. The molecule has 0 spiro atoms. The third-order valence-corrected chi connectivity index (χ3v) is 6.20. The topological polar surface area (TPSA) is 91.8 Å². The SMILES string of the molecule is CCNC(=NCc1ccc(S(=O)(=O)NCCOC)cc1)NCCC1=CCCCC1. The van der Waals surface area contributed by atoms with Gasteiger partial charge in [0.05, 0.1) is 18.0 Å². The predicted molar refractivity (Wildman–Crippen MR) is 117 cm³/mol. The van der Waals surface area contributed by atoms with Crippen molar-refractivity contribution in [2.75, 3.05) is 33.4 Å². The molecule has 0 amide bonds. The van der Waals surface area contributed by atoms with Gasteiger partial charge in [0.2, 0.25) is 10.0 Å². The van der Waals surface area contributed by atoms with Gasteiger partial charge in [-0.05, 0) is 56.7 Å². The molecule has 0 saturated carbocycles. The van der Waals surface area contributed by atoms with E-state index in [2.05, 4.69) is 26.4 Å². The van der Waals surface area contributed by atoms with E-state index in [4.69, 9.17) is 4.74 Å². The van der Waals surface area contributed by atoms with Gasteiger partial charge in [-0.3, -0.25) is 0 Å². The number of allylic oxidation sites excluding steroid dienone is 1. The lowest BCUT2D eigenvalue weighted by Gasteiger charge is -2.15. The van der Waals surface area contributed by atoms with Crippen molar-refractivity contribution in [2.45, 2.75) is 50.5 Å². The molecule has 162 valence electrons. The Labute approximate surface area is 175 Å². The van der Waals surface area contributed by atoms with Crippen LogP contribution in [0.25, 0.3) is 0 Å². The molecule has 1 aromatic carbocycles. The summed E-state index contributed by atoms with van der Waals surface area (Å²) in [4.78, 5) is 4.85. The highest BCUT2D eigenvalue weighted by atomic mass is 32.2. The number of sulfonamides is 1. The molecule has 7 nitrogen and oxygen atoms in total. The van der Waals surface area contributed by atoms with Crippen molar-refractivity contribution in [3.05, 3.63) is 41.5 Å². The van der Waals surface area contributed by atoms with Gasteiger partial charge >= 0.3 is 0 Å². The maximum Gasteiger partial charge on any atom is 0.240 e. The molecule has 2 rings (SSSR count). The van der Waals surface area contributed by atoms with Crippen molar-refractivity contribution in [1.82, 2.24) is 15.4 Å². The summed E-state index contributed by atoms with van der Waals surface area (Å²) in [6.45, 7) is 4.76. The molecule has 0 radical (unpaired) electrons. The average molecular weight is 423 g/mol. The number of rotatable bonds is 11. The molecule has 0 fully saturated rings. The molecule has 3 N–H and O–H groups in total. The number of hydrogen-bond donors (Lipinski definition) is 3. The van der Waals surface area contributed by atoms with E-state index in [9.17, 15) is 8.42 Å². The smallest absolute Gasteiger partial charge is 0.240 e. The Morgan fingerprint density at radius 2 is 1.93 bits per heavy atom. The van der Waals surface area contributed by atoms with Crippen LogP contribution in [-0.2, 0) is 21.3 Å². The van der Waals surface area contributed by atoms with Crippen LogP contribution < -0.4 is 15.4 Å². The first-order valence-corrected chi connectivity index (χ1v) is 11.8. The van der Waals surface area contributed by atoms with E-state index in [1.807, 2.05) is 6.92 Å². The second-order valence-corrected chi connectivity index (χ2v) is 8.78. The van der Waals surface area contributed by atoms with Crippen LogP contribution in [0.1, 0.15) is 44.6 Å². The third-order valence-electron chi connectivity index (χ3n) is 4.72. The minimum absolute atomic E-state index is 0.243. The first-order chi connectivity index (χ1) is 14.0. The Bertz CT molecular complexity index is 774. The Morgan fingerprint density at radius 3 is 2.59 bits per heavy atom. The number of hydrogen-bond acceptors (Lipinski definition) is 4. The predicted octanol–water partition coefficient (Wildman–Crippen LogP) is 2.56. The van der Waals surface area contributed by atoms with Crippen LogP contribution in [0.5, 0.6) is 0 Å². The highest BCUT2D eigenvalue weighted by Gasteiger charge is 2.12. The van der Waals surface area contributed by atoms with Crippen molar-refractivity contribution in [3.63, 3.8) is 0 Å². The standard InChI is InChI=1S/C21H34N4O3S/c1-3-22-21(23-14-13-18-7-5-4-6-8-18)24-17-19-9-11-20(12-10-19)29(26,27)25-15-16-28-2/h7,9-12,25H,3-6,8,13-17H2,1-2H3,(H2,22,23,24). The van der Waals surface area contributed by atoms with E-state index in [1.54, 1.807) is 24.3 Å². The number of guanidine groups is 1. The van der Waals surface area contributed by atoms with E-state index < -0.39 is 10.0 Å². The van der Waals surface area contributed by atoms with E-state index in [0.717, 1.165) is 31.0 Å². The Morgan fingerprint density at radius 1 is 1.14 bits per heavy atom. The summed E-state index contributed by atoms with van der Waals surface area (Å²) in [5, 5.41) is 6.64.